The summed E-state index contributed by atoms with van der Waals surface area (Å²) < 4.78 is 5.08. The zero-order valence-electron chi connectivity index (χ0n) is 19.2. The molecule has 4 nitrogen and oxygen atoms in total. The van der Waals surface area contributed by atoms with E-state index in [2.05, 4.69) is 19.1 Å². The number of nitrogens with two attached hydrogens (primary N) is 1. The predicted octanol–water partition coefficient (Wildman–Crippen LogP) is 7.01. The Balaban J connectivity index is 2.03. The fourth-order valence-corrected chi connectivity index (χ4v) is 3.60. The van der Waals surface area contributed by atoms with Crippen LogP contribution >= 0.6 is 0 Å². The van der Waals surface area contributed by atoms with E-state index in [9.17, 15) is 9.90 Å². The highest BCUT2D eigenvalue weighted by Crippen LogP contribution is 2.29. The van der Waals surface area contributed by atoms with Crippen LogP contribution in [0.15, 0.2) is 30.4 Å². The lowest BCUT2D eigenvalue weighted by atomic mass is 9.98. The number of benzene rings is 1. The molecule has 0 saturated heterocycles. The quantitative estimate of drug-likeness (QED) is 0.199. The molecular weight excluding hydrogens is 374 g/mol. The molecule has 0 amide bonds. The number of phenolic OH excluding ortho intramolecular Hbond substituents is 1. The summed E-state index contributed by atoms with van der Waals surface area (Å²) in [5.74, 6) is 0.440. The van der Waals surface area contributed by atoms with Crippen LogP contribution in [0.4, 0.5) is 0 Å². The molecule has 0 fully saturated rings. The van der Waals surface area contributed by atoms with Gasteiger partial charge >= 0.3 is 0 Å². The van der Waals surface area contributed by atoms with Gasteiger partial charge in [-0.1, -0.05) is 76.5 Å². The molecule has 1 rings (SSSR count). The third-order valence-corrected chi connectivity index (χ3v) is 5.59. The topological polar surface area (TPSA) is 72.6 Å². The van der Waals surface area contributed by atoms with Crippen LogP contribution in [0.25, 0.3) is 0 Å². The Kier molecular flexibility index (Phi) is 14.8. The largest absolute Gasteiger partial charge is 0.504 e. The molecule has 170 valence electrons. The Morgan fingerprint density at radius 2 is 1.53 bits per heavy atom. The Morgan fingerprint density at radius 1 is 0.967 bits per heavy atom. The first kappa shape index (κ1) is 26.2. The molecule has 0 radical (unpaired) electrons. The highest BCUT2D eigenvalue weighted by molar-refractivity contribution is 5.85. The van der Waals surface area contributed by atoms with E-state index in [1.54, 1.807) is 12.1 Å². The van der Waals surface area contributed by atoms with Gasteiger partial charge in [0.2, 0.25) is 0 Å². The predicted molar refractivity (Wildman–Crippen MR) is 126 cm³/mol. The molecule has 0 aliphatic heterocycles. The van der Waals surface area contributed by atoms with Crippen LogP contribution in [0.2, 0.25) is 0 Å². The van der Waals surface area contributed by atoms with Crippen LogP contribution in [-0.4, -0.2) is 18.0 Å². The molecule has 1 aromatic rings. The van der Waals surface area contributed by atoms with Gasteiger partial charge in [-0.3, -0.25) is 4.79 Å². The van der Waals surface area contributed by atoms with Crippen molar-refractivity contribution in [1.82, 2.24) is 0 Å². The average molecular weight is 418 g/mol. The second-order valence-electron chi connectivity index (χ2n) is 8.21. The fraction of sp³-hybridized carbons (Fsp3) is 0.654. The lowest BCUT2D eigenvalue weighted by molar-refractivity contribution is -0.120. The number of unbranched alkanes of at least 4 members (excludes halogenated alkanes) is 11. The Labute approximate surface area is 183 Å². The van der Waals surface area contributed by atoms with Gasteiger partial charge in [0.15, 0.2) is 17.3 Å². The van der Waals surface area contributed by atoms with E-state index in [1.165, 1.54) is 83.8 Å². The van der Waals surface area contributed by atoms with Gasteiger partial charge in [-0.05, 0) is 49.8 Å². The second-order valence-corrected chi connectivity index (χ2v) is 8.21. The fourth-order valence-electron chi connectivity index (χ4n) is 3.60. The number of ether oxygens (including phenoxy) is 1. The molecule has 0 aromatic heterocycles. The average Bonchev–Trinajstić information content (AvgIpc) is 2.76. The molecule has 0 bridgehead atoms. The zero-order valence-corrected chi connectivity index (χ0v) is 19.2. The van der Waals surface area contributed by atoms with Gasteiger partial charge in [-0.2, -0.15) is 0 Å². The number of rotatable bonds is 18. The van der Waals surface area contributed by atoms with Crippen LogP contribution < -0.4 is 10.5 Å². The monoisotopic (exact) mass is 417 g/mol. The van der Waals surface area contributed by atoms with Gasteiger partial charge in [0, 0.05) is 6.42 Å². The normalized spacial score (nSPS) is 12.4. The third-order valence-electron chi connectivity index (χ3n) is 5.59. The van der Waals surface area contributed by atoms with E-state index in [-0.39, 0.29) is 11.5 Å². The molecule has 0 aliphatic carbocycles. The van der Waals surface area contributed by atoms with Gasteiger partial charge < -0.3 is 15.6 Å². The van der Waals surface area contributed by atoms with Gasteiger partial charge in [0.05, 0.1) is 13.2 Å². The first-order chi connectivity index (χ1) is 14.6. The van der Waals surface area contributed by atoms with E-state index in [4.69, 9.17) is 10.5 Å². The summed E-state index contributed by atoms with van der Waals surface area (Å²) in [6.45, 7) is 2.26. The minimum Gasteiger partial charge on any atom is -0.504 e. The van der Waals surface area contributed by atoms with Crippen molar-refractivity contribution >= 4 is 5.78 Å². The summed E-state index contributed by atoms with van der Waals surface area (Å²) in [6.07, 6.45) is 21.3. The number of carbonyl (C=O) groups is 1. The Bertz CT molecular complexity index is 612. The van der Waals surface area contributed by atoms with Crippen molar-refractivity contribution in [3.05, 3.63) is 35.9 Å². The summed E-state index contributed by atoms with van der Waals surface area (Å²) in [7, 11) is 1.48. The summed E-state index contributed by atoms with van der Waals surface area (Å²) in [5.41, 5.74) is 6.76. The Morgan fingerprint density at radius 3 is 2.13 bits per heavy atom. The number of hydrogen-bond donors (Lipinski definition) is 2. The summed E-state index contributed by atoms with van der Waals surface area (Å²) >= 11 is 0. The molecule has 0 aliphatic rings. The number of phenols is 1. The van der Waals surface area contributed by atoms with Crippen molar-refractivity contribution in [2.45, 2.75) is 103 Å². The number of allylic oxidation sites excluding steroid dienone is 2. The summed E-state index contributed by atoms with van der Waals surface area (Å²) in [6, 6.07) is 4.18. The minimum absolute atomic E-state index is 0.0420. The van der Waals surface area contributed by atoms with E-state index in [1.807, 2.05) is 0 Å². The Hall–Kier alpha value is -1.81. The van der Waals surface area contributed by atoms with Crippen molar-refractivity contribution in [2.24, 2.45) is 5.73 Å². The maximum Gasteiger partial charge on any atom is 0.160 e. The van der Waals surface area contributed by atoms with Gasteiger partial charge in [-0.25, -0.2) is 0 Å². The molecule has 4 heteroatoms. The number of hydrogen-bond acceptors (Lipinski definition) is 4. The smallest absolute Gasteiger partial charge is 0.160 e. The number of aromatic hydroxyl groups is 1. The molecule has 1 unspecified atom stereocenters. The maximum atomic E-state index is 12.3. The molecule has 0 heterocycles. The maximum absolute atomic E-state index is 12.3. The van der Waals surface area contributed by atoms with Crippen LogP contribution in [-0.2, 0) is 4.79 Å². The second kappa shape index (κ2) is 16.9. The molecule has 30 heavy (non-hydrogen) atoms. The van der Waals surface area contributed by atoms with E-state index < -0.39 is 6.04 Å². The van der Waals surface area contributed by atoms with E-state index in [0.717, 1.165) is 12.8 Å². The highest BCUT2D eigenvalue weighted by atomic mass is 16.5. The lowest BCUT2D eigenvalue weighted by Gasteiger charge is -2.13. The first-order valence-electron chi connectivity index (χ1n) is 11.9. The van der Waals surface area contributed by atoms with Crippen LogP contribution in [0.3, 0.4) is 0 Å². The van der Waals surface area contributed by atoms with Gasteiger partial charge in [-0.15, -0.1) is 0 Å². The lowest BCUT2D eigenvalue weighted by Crippen LogP contribution is -2.21. The molecule has 0 spiro atoms. The number of Topliss-reactive ketones (excluding diaryl/α,β-unsaturated/α-hetero) is 1. The SMILES string of the molecule is CCCCCCCC/C=C\CCCCCCCC(=O)C(N)c1ccc(O)c(OC)c1. The summed E-state index contributed by atoms with van der Waals surface area (Å²) in [4.78, 5) is 12.3. The number of carbonyl (C=O) groups excluding carboxylic acids is 1. The third kappa shape index (κ3) is 11.4. The van der Waals surface area contributed by atoms with Gasteiger partial charge in [0.25, 0.3) is 0 Å². The van der Waals surface area contributed by atoms with Crippen LogP contribution in [0.5, 0.6) is 11.5 Å². The first-order valence-corrected chi connectivity index (χ1v) is 11.9. The van der Waals surface area contributed by atoms with Crippen molar-refractivity contribution in [3.8, 4) is 11.5 Å². The van der Waals surface area contributed by atoms with Crippen molar-refractivity contribution in [2.75, 3.05) is 7.11 Å². The van der Waals surface area contributed by atoms with Crippen molar-refractivity contribution < 1.29 is 14.6 Å². The van der Waals surface area contributed by atoms with Crippen LogP contribution in [0.1, 0.15) is 108 Å². The highest BCUT2D eigenvalue weighted by Gasteiger charge is 2.17. The standard InChI is InChI=1S/C26H43NO3/c1-3-4-5-6-7-8-9-10-11-12-13-14-15-16-17-18-24(29)26(27)22-19-20-23(28)25(21-22)30-2/h10-11,19-21,26,28H,3-9,12-18,27H2,1-2H3/b11-10-. The van der Waals surface area contributed by atoms with Crippen LogP contribution in [0, 0.1) is 0 Å². The zero-order chi connectivity index (χ0) is 22.0. The van der Waals surface area contributed by atoms with E-state index >= 15 is 0 Å². The number of ketones is 1. The molecule has 0 saturated carbocycles. The van der Waals surface area contributed by atoms with Crippen molar-refractivity contribution in [3.63, 3.8) is 0 Å². The molecule has 1 aromatic carbocycles. The van der Waals surface area contributed by atoms with Gasteiger partial charge in [0.1, 0.15) is 0 Å². The molecular formula is C26H43NO3. The molecule has 1 atom stereocenters. The molecule has 3 N–H and O–H groups in total. The number of methoxy groups -OCH3 is 1. The minimum atomic E-state index is -0.656. The van der Waals surface area contributed by atoms with E-state index in [0.29, 0.717) is 17.7 Å². The van der Waals surface area contributed by atoms with Crippen molar-refractivity contribution in [1.29, 1.82) is 0 Å². The summed E-state index contributed by atoms with van der Waals surface area (Å²) in [5, 5.41) is 9.65.